The largest absolute Gasteiger partial charge is 0.436 e. The van der Waals surface area contributed by atoms with Crippen molar-refractivity contribution in [2.24, 2.45) is 0 Å². The lowest BCUT2D eigenvalue weighted by atomic mass is 10.1. The molecule has 0 saturated carbocycles. The number of aromatic nitrogens is 2. The maximum Gasteiger partial charge on any atom is 0.310 e. The van der Waals surface area contributed by atoms with E-state index in [-0.39, 0.29) is 42.5 Å². The number of oxazole rings is 1. The monoisotopic (exact) mass is 477 g/mol. The molecule has 0 spiro atoms. The standard InChI is InChI=1S/C21H24ClN5O4S/c1-2-15-12-26(32(29,30)19-10-13-9-14(22)3-4-16(13)24-19)7-8-27(15)21(28)20-25-17-5-6-23-11-18(17)31-20/h3-4,9-10,15,23-24H,2,5-8,11-12H2,1H3. The molecule has 1 unspecified atom stereocenters. The van der Waals surface area contributed by atoms with Crippen LogP contribution in [-0.2, 0) is 23.0 Å². The highest BCUT2D eigenvalue weighted by Gasteiger charge is 2.38. The summed E-state index contributed by atoms with van der Waals surface area (Å²) in [5.41, 5.74) is 1.52. The van der Waals surface area contributed by atoms with Gasteiger partial charge in [-0.15, -0.1) is 0 Å². The van der Waals surface area contributed by atoms with E-state index >= 15 is 0 Å². The van der Waals surface area contributed by atoms with Crippen molar-refractivity contribution in [1.29, 1.82) is 0 Å². The normalized spacial score (nSPS) is 19.9. The molecule has 4 heterocycles. The molecule has 2 aliphatic heterocycles. The summed E-state index contributed by atoms with van der Waals surface area (Å²) in [5, 5.41) is 4.60. The van der Waals surface area contributed by atoms with Crippen LogP contribution in [0, 0.1) is 0 Å². The Kier molecular flexibility index (Phi) is 5.48. The van der Waals surface area contributed by atoms with Crippen molar-refractivity contribution >= 4 is 38.4 Å². The molecule has 32 heavy (non-hydrogen) atoms. The summed E-state index contributed by atoms with van der Waals surface area (Å²) in [5.74, 6) is 0.497. The van der Waals surface area contributed by atoms with Gasteiger partial charge in [0.2, 0.25) is 0 Å². The second kappa shape index (κ2) is 8.18. The van der Waals surface area contributed by atoms with Gasteiger partial charge in [-0.2, -0.15) is 4.31 Å². The average molecular weight is 478 g/mol. The van der Waals surface area contributed by atoms with Crippen molar-refractivity contribution in [3.63, 3.8) is 0 Å². The predicted molar refractivity (Wildman–Crippen MR) is 119 cm³/mol. The van der Waals surface area contributed by atoms with E-state index < -0.39 is 10.0 Å². The molecular weight excluding hydrogens is 454 g/mol. The zero-order valence-electron chi connectivity index (χ0n) is 17.6. The van der Waals surface area contributed by atoms with Crippen LogP contribution in [0.1, 0.15) is 35.5 Å². The molecule has 1 fully saturated rings. The van der Waals surface area contributed by atoms with E-state index in [9.17, 15) is 13.2 Å². The van der Waals surface area contributed by atoms with Gasteiger partial charge in [-0.3, -0.25) is 4.79 Å². The number of carbonyl (C=O) groups is 1. The highest BCUT2D eigenvalue weighted by atomic mass is 35.5. The Hall–Kier alpha value is -2.40. The van der Waals surface area contributed by atoms with Gasteiger partial charge in [-0.25, -0.2) is 13.4 Å². The van der Waals surface area contributed by atoms with Crippen molar-refractivity contribution < 1.29 is 17.6 Å². The number of H-pyrrole nitrogens is 1. The van der Waals surface area contributed by atoms with Gasteiger partial charge in [-0.05, 0) is 30.7 Å². The number of sulfonamides is 1. The Bertz CT molecular complexity index is 1260. The summed E-state index contributed by atoms with van der Waals surface area (Å²) in [6.07, 6.45) is 1.34. The molecule has 9 nitrogen and oxygen atoms in total. The Labute approximate surface area is 190 Å². The number of halogens is 1. The zero-order valence-corrected chi connectivity index (χ0v) is 19.2. The summed E-state index contributed by atoms with van der Waals surface area (Å²) < 4.78 is 33.7. The van der Waals surface area contributed by atoms with Crippen LogP contribution in [0.25, 0.3) is 10.9 Å². The summed E-state index contributed by atoms with van der Waals surface area (Å²) in [4.78, 5) is 22.2. The zero-order chi connectivity index (χ0) is 22.5. The van der Waals surface area contributed by atoms with E-state index in [1.54, 1.807) is 29.2 Å². The Morgan fingerprint density at radius 1 is 1.31 bits per heavy atom. The summed E-state index contributed by atoms with van der Waals surface area (Å²) in [6.45, 7) is 3.99. The third kappa shape index (κ3) is 3.71. The van der Waals surface area contributed by atoms with Crippen LogP contribution in [0.5, 0.6) is 0 Å². The first-order valence-electron chi connectivity index (χ1n) is 10.7. The van der Waals surface area contributed by atoms with E-state index in [2.05, 4.69) is 15.3 Å². The van der Waals surface area contributed by atoms with E-state index in [0.29, 0.717) is 29.3 Å². The Morgan fingerprint density at radius 2 is 2.16 bits per heavy atom. The first-order chi connectivity index (χ1) is 15.4. The fraction of sp³-hybridized carbons (Fsp3) is 0.429. The van der Waals surface area contributed by atoms with Gasteiger partial charge in [-0.1, -0.05) is 18.5 Å². The molecule has 1 atom stereocenters. The minimum absolute atomic E-state index is 0.0842. The van der Waals surface area contributed by atoms with E-state index in [1.807, 2.05) is 6.92 Å². The molecule has 1 saturated heterocycles. The smallest absolute Gasteiger partial charge is 0.310 e. The Morgan fingerprint density at radius 3 is 2.94 bits per heavy atom. The van der Waals surface area contributed by atoms with Gasteiger partial charge in [0.1, 0.15) is 10.8 Å². The second-order valence-electron chi connectivity index (χ2n) is 8.10. The molecule has 5 rings (SSSR count). The number of hydrogen-bond acceptors (Lipinski definition) is 6. The van der Waals surface area contributed by atoms with Gasteiger partial charge in [0.05, 0.1) is 12.2 Å². The van der Waals surface area contributed by atoms with E-state index in [4.69, 9.17) is 16.0 Å². The molecular formula is C21H24ClN5O4S. The second-order valence-corrected chi connectivity index (χ2v) is 10.4. The highest BCUT2D eigenvalue weighted by molar-refractivity contribution is 7.89. The first-order valence-corrected chi connectivity index (χ1v) is 12.5. The van der Waals surface area contributed by atoms with Crippen molar-refractivity contribution in [2.45, 2.75) is 37.4 Å². The van der Waals surface area contributed by atoms with Crippen LogP contribution in [0.15, 0.2) is 33.7 Å². The Balaban J connectivity index is 1.36. The summed E-state index contributed by atoms with van der Waals surface area (Å²) in [6, 6.07) is 6.52. The molecule has 3 aromatic rings. The molecule has 2 aliphatic rings. The topological polar surface area (TPSA) is 112 Å². The third-order valence-electron chi connectivity index (χ3n) is 6.14. The minimum Gasteiger partial charge on any atom is -0.436 e. The molecule has 2 aromatic heterocycles. The number of benzene rings is 1. The van der Waals surface area contributed by atoms with Crippen molar-refractivity contribution in [3.05, 3.63) is 46.6 Å². The van der Waals surface area contributed by atoms with Crippen LogP contribution < -0.4 is 5.32 Å². The molecule has 1 aromatic carbocycles. The quantitative estimate of drug-likeness (QED) is 0.596. The fourth-order valence-corrected chi connectivity index (χ4v) is 6.02. The van der Waals surface area contributed by atoms with Crippen LogP contribution in [0.4, 0.5) is 0 Å². The molecule has 0 bridgehead atoms. The van der Waals surface area contributed by atoms with Gasteiger partial charge < -0.3 is 19.6 Å². The number of carbonyl (C=O) groups excluding carboxylic acids is 1. The molecule has 0 radical (unpaired) electrons. The maximum atomic E-state index is 13.3. The lowest BCUT2D eigenvalue weighted by Crippen LogP contribution is -2.56. The van der Waals surface area contributed by atoms with Crippen LogP contribution >= 0.6 is 11.6 Å². The van der Waals surface area contributed by atoms with Gasteiger partial charge in [0.25, 0.3) is 15.9 Å². The molecule has 1 amide bonds. The number of nitrogens with one attached hydrogen (secondary N) is 2. The lowest BCUT2D eigenvalue weighted by Gasteiger charge is -2.39. The lowest BCUT2D eigenvalue weighted by molar-refractivity contribution is 0.0517. The highest BCUT2D eigenvalue weighted by Crippen LogP contribution is 2.27. The van der Waals surface area contributed by atoms with Crippen LogP contribution in [0.2, 0.25) is 5.02 Å². The SMILES string of the molecule is CCC1CN(S(=O)(=O)c2cc3cc(Cl)ccc3[nH]2)CCN1C(=O)c1nc2c(o1)CNCC2. The van der Waals surface area contributed by atoms with Crippen molar-refractivity contribution in [1.82, 2.24) is 24.5 Å². The fourth-order valence-electron chi connectivity index (χ4n) is 4.36. The predicted octanol–water partition coefficient (Wildman–Crippen LogP) is 2.38. The minimum atomic E-state index is -3.75. The van der Waals surface area contributed by atoms with Crippen molar-refractivity contribution in [3.8, 4) is 0 Å². The number of aromatic amines is 1. The molecule has 0 aliphatic carbocycles. The van der Waals surface area contributed by atoms with E-state index in [1.165, 1.54) is 4.31 Å². The summed E-state index contributed by atoms with van der Waals surface area (Å²) >= 11 is 6.03. The third-order valence-corrected chi connectivity index (χ3v) is 8.16. The van der Waals surface area contributed by atoms with E-state index in [0.717, 1.165) is 24.0 Å². The van der Waals surface area contributed by atoms with Gasteiger partial charge in [0.15, 0.2) is 0 Å². The molecule has 170 valence electrons. The van der Waals surface area contributed by atoms with Gasteiger partial charge >= 0.3 is 5.91 Å². The number of hydrogen-bond donors (Lipinski definition) is 2. The average Bonchev–Trinajstić information content (AvgIpc) is 3.42. The molecule has 11 heteroatoms. The maximum absolute atomic E-state index is 13.3. The number of amides is 1. The van der Waals surface area contributed by atoms with Crippen LogP contribution in [0.3, 0.4) is 0 Å². The first kappa shape index (κ1) is 21.4. The number of rotatable bonds is 4. The number of fused-ring (bicyclic) bond motifs is 2. The number of nitrogens with zero attached hydrogens (tertiary/aromatic N) is 3. The molecule has 2 N–H and O–H groups in total. The van der Waals surface area contributed by atoms with Crippen LogP contribution in [-0.4, -0.2) is 65.7 Å². The van der Waals surface area contributed by atoms with Gasteiger partial charge in [0, 0.05) is 54.6 Å². The number of piperazine rings is 1. The summed E-state index contributed by atoms with van der Waals surface area (Å²) in [7, 11) is -3.75. The van der Waals surface area contributed by atoms with Crippen molar-refractivity contribution in [2.75, 3.05) is 26.2 Å².